The zero-order chi connectivity index (χ0) is 10.2. The van der Waals surface area contributed by atoms with Gasteiger partial charge in [0.1, 0.15) is 0 Å². The van der Waals surface area contributed by atoms with E-state index in [4.69, 9.17) is 9.47 Å². The lowest BCUT2D eigenvalue weighted by atomic mass is 10.1. The van der Waals surface area contributed by atoms with E-state index in [0.29, 0.717) is 12.2 Å². The molecule has 0 amide bonds. The molecule has 2 atom stereocenters. The summed E-state index contributed by atoms with van der Waals surface area (Å²) in [6, 6.07) is 0. The lowest BCUT2D eigenvalue weighted by Crippen LogP contribution is -2.21. The van der Waals surface area contributed by atoms with Crippen LogP contribution in [0.25, 0.3) is 0 Å². The molecule has 1 aliphatic rings. The molecule has 2 unspecified atom stereocenters. The number of rotatable bonds is 7. The number of nitrogens with one attached hydrogen (secondary N) is 1. The molecule has 0 aromatic heterocycles. The van der Waals surface area contributed by atoms with Gasteiger partial charge in [-0.05, 0) is 39.2 Å². The van der Waals surface area contributed by atoms with Gasteiger partial charge in [0.25, 0.3) is 0 Å². The van der Waals surface area contributed by atoms with Crippen molar-refractivity contribution in [1.29, 1.82) is 0 Å². The molecule has 0 aromatic carbocycles. The molecule has 14 heavy (non-hydrogen) atoms. The Bertz CT molecular complexity index is 141. The molecule has 0 aliphatic carbocycles. The van der Waals surface area contributed by atoms with E-state index in [9.17, 15) is 0 Å². The van der Waals surface area contributed by atoms with E-state index < -0.39 is 0 Å². The third kappa shape index (κ3) is 4.94. The number of methoxy groups -OCH3 is 1. The van der Waals surface area contributed by atoms with Crippen LogP contribution < -0.4 is 5.32 Å². The van der Waals surface area contributed by atoms with Gasteiger partial charge in [0.15, 0.2) is 0 Å². The Labute approximate surface area is 87.2 Å². The number of hydrogen-bond donors (Lipinski definition) is 1. The van der Waals surface area contributed by atoms with Crippen LogP contribution in [0.2, 0.25) is 0 Å². The van der Waals surface area contributed by atoms with Crippen molar-refractivity contribution in [3.63, 3.8) is 0 Å². The molecule has 1 heterocycles. The highest BCUT2D eigenvalue weighted by atomic mass is 16.5. The molecule has 0 saturated carbocycles. The average Bonchev–Trinajstić information content (AvgIpc) is 2.58. The van der Waals surface area contributed by atoms with Gasteiger partial charge in [-0.25, -0.2) is 0 Å². The molecule has 0 bridgehead atoms. The standard InChI is InChI=1S/C11H23NO2/c1-10-5-6-11(14-10)4-3-7-12-8-9-13-2/h10-12H,3-9H2,1-2H3. The quantitative estimate of drug-likeness (QED) is 0.634. The first kappa shape index (κ1) is 12.0. The summed E-state index contributed by atoms with van der Waals surface area (Å²) in [5, 5.41) is 3.34. The van der Waals surface area contributed by atoms with Crippen LogP contribution in [0.15, 0.2) is 0 Å². The van der Waals surface area contributed by atoms with Gasteiger partial charge < -0.3 is 14.8 Å². The van der Waals surface area contributed by atoms with Gasteiger partial charge in [0.05, 0.1) is 18.8 Å². The van der Waals surface area contributed by atoms with Crippen molar-refractivity contribution in [2.24, 2.45) is 0 Å². The molecular formula is C11H23NO2. The SMILES string of the molecule is COCCNCCCC1CCC(C)O1. The molecule has 0 radical (unpaired) electrons. The van der Waals surface area contributed by atoms with E-state index >= 15 is 0 Å². The molecule has 1 aliphatic heterocycles. The molecule has 1 rings (SSSR count). The van der Waals surface area contributed by atoms with Crippen LogP contribution in [-0.2, 0) is 9.47 Å². The fourth-order valence-electron chi connectivity index (χ4n) is 1.85. The fourth-order valence-corrected chi connectivity index (χ4v) is 1.85. The Hall–Kier alpha value is -0.120. The maximum absolute atomic E-state index is 5.74. The summed E-state index contributed by atoms with van der Waals surface area (Å²) in [4.78, 5) is 0. The summed E-state index contributed by atoms with van der Waals surface area (Å²) in [6.45, 7) is 5.00. The zero-order valence-electron chi connectivity index (χ0n) is 9.42. The zero-order valence-corrected chi connectivity index (χ0v) is 9.42. The summed E-state index contributed by atoms with van der Waals surface area (Å²) in [5.41, 5.74) is 0. The van der Waals surface area contributed by atoms with Gasteiger partial charge in [-0.1, -0.05) is 0 Å². The highest BCUT2D eigenvalue weighted by Gasteiger charge is 2.20. The maximum atomic E-state index is 5.74. The third-order valence-electron chi connectivity index (χ3n) is 2.68. The minimum Gasteiger partial charge on any atom is -0.383 e. The van der Waals surface area contributed by atoms with Crippen LogP contribution in [-0.4, -0.2) is 39.0 Å². The Morgan fingerprint density at radius 3 is 2.86 bits per heavy atom. The normalized spacial score (nSPS) is 27.0. The van der Waals surface area contributed by atoms with Crippen LogP contribution in [0.1, 0.15) is 32.6 Å². The predicted octanol–water partition coefficient (Wildman–Crippen LogP) is 1.57. The van der Waals surface area contributed by atoms with E-state index in [1.807, 2.05) is 0 Å². The number of hydrogen-bond acceptors (Lipinski definition) is 3. The highest BCUT2D eigenvalue weighted by Crippen LogP contribution is 2.22. The van der Waals surface area contributed by atoms with Crippen LogP contribution >= 0.6 is 0 Å². The summed E-state index contributed by atoms with van der Waals surface area (Å²) in [7, 11) is 1.73. The molecule has 0 spiro atoms. The Morgan fingerprint density at radius 1 is 1.36 bits per heavy atom. The van der Waals surface area contributed by atoms with E-state index in [-0.39, 0.29) is 0 Å². The lowest BCUT2D eigenvalue weighted by Gasteiger charge is -2.10. The molecule has 3 heteroatoms. The van der Waals surface area contributed by atoms with Gasteiger partial charge in [-0.3, -0.25) is 0 Å². The average molecular weight is 201 g/mol. The van der Waals surface area contributed by atoms with Crippen LogP contribution in [0.3, 0.4) is 0 Å². The molecular weight excluding hydrogens is 178 g/mol. The second-order valence-electron chi connectivity index (χ2n) is 4.03. The predicted molar refractivity (Wildman–Crippen MR) is 57.5 cm³/mol. The minimum absolute atomic E-state index is 0.487. The molecule has 1 saturated heterocycles. The second kappa shape index (κ2) is 7.21. The van der Waals surface area contributed by atoms with E-state index in [2.05, 4.69) is 12.2 Å². The van der Waals surface area contributed by atoms with Crippen molar-refractivity contribution >= 4 is 0 Å². The first-order valence-corrected chi connectivity index (χ1v) is 5.68. The lowest BCUT2D eigenvalue weighted by molar-refractivity contribution is 0.0498. The summed E-state index contributed by atoms with van der Waals surface area (Å²) in [6.07, 6.45) is 5.91. The molecule has 0 aromatic rings. The fraction of sp³-hybridized carbons (Fsp3) is 1.00. The summed E-state index contributed by atoms with van der Waals surface area (Å²) >= 11 is 0. The van der Waals surface area contributed by atoms with Crippen molar-refractivity contribution in [2.75, 3.05) is 26.8 Å². The summed E-state index contributed by atoms with van der Waals surface area (Å²) in [5.74, 6) is 0. The van der Waals surface area contributed by atoms with Gasteiger partial charge in [-0.15, -0.1) is 0 Å². The van der Waals surface area contributed by atoms with E-state index in [1.165, 1.54) is 25.7 Å². The Kier molecular flexibility index (Phi) is 6.15. The van der Waals surface area contributed by atoms with Crippen LogP contribution in [0, 0.1) is 0 Å². The molecule has 3 nitrogen and oxygen atoms in total. The van der Waals surface area contributed by atoms with Gasteiger partial charge in [-0.2, -0.15) is 0 Å². The van der Waals surface area contributed by atoms with Crippen molar-refractivity contribution in [3.05, 3.63) is 0 Å². The van der Waals surface area contributed by atoms with Crippen molar-refractivity contribution in [2.45, 2.75) is 44.8 Å². The molecule has 1 fully saturated rings. The largest absolute Gasteiger partial charge is 0.383 e. The molecule has 1 N–H and O–H groups in total. The van der Waals surface area contributed by atoms with E-state index in [0.717, 1.165) is 19.7 Å². The Morgan fingerprint density at radius 2 is 2.21 bits per heavy atom. The molecule has 84 valence electrons. The monoisotopic (exact) mass is 201 g/mol. The van der Waals surface area contributed by atoms with Gasteiger partial charge in [0.2, 0.25) is 0 Å². The minimum atomic E-state index is 0.487. The maximum Gasteiger partial charge on any atom is 0.0587 e. The van der Waals surface area contributed by atoms with Gasteiger partial charge >= 0.3 is 0 Å². The van der Waals surface area contributed by atoms with Crippen LogP contribution in [0.4, 0.5) is 0 Å². The van der Waals surface area contributed by atoms with Gasteiger partial charge in [0, 0.05) is 13.7 Å². The topological polar surface area (TPSA) is 30.5 Å². The van der Waals surface area contributed by atoms with Crippen molar-refractivity contribution in [1.82, 2.24) is 5.32 Å². The van der Waals surface area contributed by atoms with Crippen LogP contribution in [0.5, 0.6) is 0 Å². The smallest absolute Gasteiger partial charge is 0.0587 e. The highest BCUT2D eigenvalue weighted by molar-refractivity contribution is 4.70. The van der Waals surface area contributed by atoms with Crippen molar-refractivity contribution < 1.29 is 9.47 Å². The first-order valence-electron chi connectivity index (χ1n) is 5.68. The third-order valence-corrected chi connectivity index (χ3v) is 2.68. The second-order valence-corrected chi connectivity index (χ2v) is 4.03. The van der Waals surface area contributed by atoms with Crippen molar-refractivity contribution in [3.8, 4) is 0 Å². The first-order chi connectivity index (χ1) is 6.83. The van der Waals surface area contributed by atoms with E-state index in [1.54, 1.807) is 7.11 Å². The Balaban J connectivity index is 1.84. The summed E-state index contributed by atoms with van der Waals surface area (Å²) < 4.78 is 10.7. The number of ether oxygens (including phenoxy) is 2.